The Morgan fingerprint density at radius 1 is 1.00 bits per heavy atom. The van der Waals surface area contributed by atoms with Gasteiger partial charge in [-0.05, 0) is 17.2 Å². The van der Waals surface area contributed by atoms with Crippen LogP contribution in [0, 0.1) is 0 Å². The van der Waals surface area contributed by atoms with Gasteiger partial charge in [0.25, 0.3) is 0 Å². The molecule has 0 fully saturated rings. The Morgan fingerprint density at radius 2 is 1.71 bits per heavy atom. The van der Waals surface area contributed by atoms with Gasteiger partial charge in [-0.15, -0.1) is 0 Å². The fraction of sp³-hybridized carbons (Fsp3) is 0.200. The zero-order valence-corrected chi connectivity index (χ0v) is 9.72. The third-order valence-electron chi connectivity index (χ3n) is 3.16. The van der Waals surface area contributed by atoms with Crippen LogP contribution in [0.25, 0.3) is 0 Å². The van der Waals surface area contributed by atoms with E-state index >= 15 is 0 Å². The number of rotatable bonds is 1. The van der Waals surface area contributed by atoms with E-state index in [2.05, 4.69) is 18.2 Å². The molecule has 1 heterocycles. The first-order chi connectivity index (χ1) is 8.40. The number of fused-ring (bicyclic) bond motifs is 2. The lowest BCUT2D eigenvalue weighted by molar-refractivity contribution is 0.135. The molecule has 0 bridgehead atoms. The normalized spacial score (nSPS) is 17.6. The summed E-state index contributed by atoms with van der Waals surface area (Å²) in [5, 5.41) is 0. The first-order valence-corrected chi connectivity index (χ1v) is 5.72. The molecule has 86 valence electrons. The molecule has 1 aliphatic rings. The van der Waals surface area contributed by atoms with Gasteiger partial charge < -0.3 is 9.47 Å². The molecule has 2 aromatic carbocycles. The molecule has 0 aliphatic carbocycles. The van der Waals surface area contributed by atoms with Crippen molar-refractivity contribution in [1.29, 1.82) is 0 Å². The molecule has 1 aliphatic heterocycles. The third-order valence-corrected chi connectivity index (χ3v) is 3.16. The highest BCUT2D eigenvalue weighted by molar-refractivity contribution is 5.45. The van der Waals surface area contributed by atoms with Gasteiger partial charge in [0.05, 0.1) is 0 Å². The molecule has 0 saturated heterocycles. The summed E-state index contributed by atoms with van der Waals surface area (Å²) in [6.45, 7) is 0.604. The van der Waals surface area contributed by atoms with E-state index in [9.17, 15) is 0 Å². The Bertz CT molecular complexity index is 486. The van der Waals surface area contributed by atoms with Gasteiger partial charge in [-0.2, -0.15) is 0 Å². The Kier molecular flexibility index (Phi) is 2.57. The monoisotopic (exact) mass is 226 g/mol. The van der Waals surface area contributed by atoms with Crippen molar-refractivity contribution in [3.63, 3.8) is 0 Å². The van der Waals surface area contributed by atoms with Gasteiger partial charge in [0.2, 0.25) is 0 Å². The minimum absolute atomic E-state index is 0.0371. The van der Waals surface area contributed by atoms with Crippen LogP contribution in [0.15, 0.2) is 48.5 Å². The summed E-state index contributed by atoms with van der Waals surface area (Å²) in [6.07, 6.45) is -0.0371. The van der Waals surface area contributed by atoms with Crippen molar-refractivity contribution >= 4 is 0 Å². The lowest BCUT2D eigenvalue weighted by atomic mass is 9.97. The first kappa shape index (κ1) is 10.4. The van der Waals surface area contributed by atoms with E-state index in [0.717, 1.165) is 11.3 Å². The Labute approximate surface area is 101 Å². The van der Waals surface area contributed by atoms with Gasteiger partial charge in [0.15, 0.2) is 0 Å². The highest BCUT2D eigenvalue weighted by Crippen LogP contribution is 2.37. The molecule has 1 unspecified atom stereocenters. The van der Waals surface area contributed by atoms with Crippen LogP contribution in [0.1, 0.15) is 22.8 Å². The third kappa shape index (κ3) is 1.71. The molecule has 2 heteroatoms. The summed E-state index contributed by atoms with van der Waals surface area (Å²) in [7, 11) is 1.74. The van der Waals surface area contributed by atoms with E-state index < -0.39 is 0 Å². The summed E-state index contributed by atoms with van der Waals surface area (Å²) >= 11 is 0. The number of benzene rings is 2. The van der Waals surface area contributed by atoms with Gasteiger partial charge in [-0.1, -0.05) is 42.5 Å². The first-order valence-electron chi connectivity index (χ1n) is 5.72. The van der Waals surface area contributed by atoms with Crippen LogP contribution in [0.2, 0.25) is 0 Å². The second-order valence-electron chi connectivity index (χ2n) is 4.14. The second kappa shape index (κ2) is 4.22. The zero-order chi connectivity index (χ0) is 11.7. The molecular weight excluding hydrogens is 212 g/mol. The smallest absolute Gasteiger partial charge is 0.125 e. The Morgan fingerprint density at radius 3 is 2.53 bits per heavy atom. The van der Waals surface area contributed by atoms with E-state index in [1.165, 1.54) is 11.1 Å². The molecule has 0 radical (unpaired) electrons. The van der Waals surface area contributed by atoms with Crippen molar-refractivity contribution in [1.82, 2.24) is 0 Å². The second-order valence-corrected chi connectivity index (χ2v) is 4.14. The largest absolute Gasteiger partial charge is 0.488 e. The Hall–Kier alpha value is -1.80. The summed E-state index contributed by atoms with van der Waals surface area (Å²) in [5.74, 6) is 0.913. The number of hydrogen-bond donors (Lipinski definition) is 0. The predicted octanol–water partition coefficient (Wildman–Crippen LogP) is 3.31. The van der Waals surface area contributed by atoms with E-state index in [-0.39, 0.29) is 6.10 Å². The van der Waals surface area contributed by atoms with Crippen LogP contribution in [0.3, 0.4) is 0 Å². The predicted molar refractivity (Wildman–Crippen MR) is 66.1 cm³/mol. The fourth-order valence-electron chi connectivity index (χ4n) is 2.33. The molecular formula is C15H14O2. The standard InChI is InChI=1S/C15H14O2/c1-16-15-12-7-3-2-6-11(12)10-17-14-9-5-4-8-13(14)15/h2-9,15H,10H2,1H3. The van der Waals surface area contributed by atoms with Crippen molar-refractivity contribution in [2.75, 3.05) is 7.11 Å². The van der Waals surface area contributed by atoms with Gasteiger partial charge >= 0.3 is 0 Å². The molecule has 0 saturated carbocycles. The van der Waals surface area contributed by atoms with Crippen LogP contribution in [-0.2, 0) is 11.3 Å². The van der Waals surface area contributed by atoms with Crippen molar-refractivity contribution in [2.45, 2.75) is 12.7 Å². The molecule has 2 nitrogen and oxygen atoms in total. The van der Waals surface area contributed by atoms with Crippen LogP contribution < -0.4 is 4.74 Å². The maximum absolute atomic E-state index is 5.83. The van der Waals surface area contributed by atoms with E-state index in [4.69, 9.17) is 9.47 Å². The van der Waals surface area contributed by atoms with Crippen LogP contribution in [0.4, 0.5) is 0 Å². The molecule has 17 heavy (non-hydrogen) atoms. The van der Waals surface area contributed by atoms with Crippen molar-refractivity contribution in [3.05, 3.63) is 65.2 Å². The lowest BCUT2D eigenvalue weighted by Crippen LogP contribution is -2.04. The molecule has 0 spiro atoms. The summed E-state index contributed by atoms with van der Waals surface area (Å²) in [5.41, 5.74) is 3.48. The van der Waals surface area contributed by atoms with Crippen molar-refractivity contribution in [2.24, 2.45) is 0 Å². The van der Waals surface area contributed by atoms with E-state index in [0.29, 0.717) is 6.61 Å². The average Bonchev–Trinajstić information content (AvgIpc) is 2.55. The lowest BCUT2D eigenvalue weighted by Gasteiger charge is -2.16. The summed E-state index contributed by atoms with van der Waals surface area (Å²) < 4.78 is 11.5. The number of hydrogen-bond acceptors (Lipinski definition) is 2. The molecule has 0 aromatic heterocycles. The molecule has 0 amide bonds. The van der Waals surface area contributed by atoms with Gasteiger partial charge in [-0.3, -0.25) is 0 Å². The number of ether oxygens (including phenoxy) is 2. The van der Waals surface area contributed by atoms with Crippen LogP contribution >= 0.6 is 0 Å². The maximum atomic E-state index is 5.83. The maximum Gasteiger partial charge on any atom is 0.125 e. The highest BCUT2D eigenvalue weighted by Gasteiger charge is 2.23. The minimum atomic E-state index is -0.0371. The van der Waals surface area contributed by atoms with Crippen molar-refractivity contribution in [3.8, 4) is 5.75 Å². The van der Waals surface area contributed by atoms with Gasteiger partial charge in [-0.25, -0.2) is 0 Å². The van der Waals surface area contributed by atoms with E-state index in [1.54, 1.807) is 7.11 Å². The Balaban J connectivity index is 2.19. The highest BCUT2D eigenvalue weighted by atomic mass is 16.5. The average molecular weight is 226 g/mol. The minimum Gasteiger partial charge on any atom is -0.488 e. The SMILES string of the molecule is COC1c2ccccc2COc2ccccc21. The van der Waals surface area contributed by atoms with Gasteiger partial charge in [0, 0.05) is 12.7 Å². The quantitative estimate of drug-likeness (QED) is 0.742. The summed E-state index contributed by atoms with van der Waals surface area (Å²) in [4.78, 5) is 0. The topological polar surface area (TPSA) is 18.5 Å². The van der Waals surface area contributed by atoms with E-state index in [1.807, 2.05) is 30.3 Å². The van der Waals surface area contributed by atoms with Crippen LogP contribution in [0.5, 0.6) is 5.75 Å². The molecule has 0 N–H and O–H groups in total. The van der Waals surface area contributed by atoms with Gasteiger partial charge in [0.1, 0.15) is 18.5 Å². The summed E-state index contributed by atoms with van der Waals surface area (Å²) in [6, 6.07) is 16.3. The molecule has 3 rings (SSSR count). The number of para-hydroxylation sites is 1. The zero-order valence-electron chi connectivity index (χ0n) is 9.72. The molecule has 1 atom stereocenters. The number of methoxy groups -OCH3 is 1. The van der Waals surface area contributed by atoms with Crippen LogP contribution in [-0.4, -0.2) is 7.11 Å². The molecule has 2 aromatic rings. The fourth-order valence-corrected chi connectivity index (χ4v) is 2.33. The van der Waals surface area contributed by atoms with Crippen molar-refractivity contribution < 1.29 is 9.47 Å².